The monoisotopic (exact) mass is 522 g/mol. The fraction of sp³-hybridized carbons (Fsp3) is 0.385. The normalized spacial score (nSPS) is 11.7. The largest absolute Gasteiger partial charge is 0.356 e. The Morgan fingerprint density at radius 1 is 0.684 bits per heavy atom. The summed E-state index contributed by atoms with van der Waals surface area (Å²) in [5.41, 5.74) is 1.43. The maximum Gasteiger partial charge on any atom is 0.158 e. The van der Waals surface area contributed by atoms with Crippen molar-refractivity contribution in [3.05, 3.63) is 72.6 Å². The highest BCUT2D eigenvalue weighted by Crippen LogP contribution is 2.20. The van der Waals surface area contributed by atoms with Crippen LogP contribution in [0, 0.1) is 0 Å². The fourth-order valence-corrected chi connectivity index (χ4v) is 3.36. The maximum absolute atomic E-state index is 5.36. The molecule has 0 radical (unpaired) electrons. The Balaban J connectivity index is 1.89. The highest BCUT2D eigenvalue weighted by atomic mass is 16.7. The van der Waals surface area contributed by atoms with Crippen molar-refractivity contribution < 1.29 is 18.9 Å². The Hall–Kier alpha value is -3.84. The third-order valence-corrected chi connectivity index (χ3v) is 5.41. The molecule has 0 spiro atoms. The van der Waals surface area contributed by atoms with E-state index in [1.807, 2.05) is 42.5 Å². The highest BCUT2D eigenvalue weighted by Gasteiger charge is 2.16. The number of hydrazone groups is 2. The number of hydrogen-bond acceptors (Lipinski definition) is 12. The van der Waals surface area contributed by atoms with Crippen LogP contribution in [-0.2, 0) is 18.9 Å². The Kier molecular flexibility index (Phi) is 12.2. The number of aromatic nitrogens is 4. The van der Waals surface area contributed by atoms with Crippen molar-refractivity contribution in [1.82, 2.24) is 19.9 Å². The second-order valence-electron chi connectivity index (χ2n) is 7.86. The van der Waals surface area contributed by atoms with Crippen molar-refractivity contribution in [1.29, 1.82) is 0 Å². The third kappa shape index (κ3) is 9.23. The second kappa shape index (κ2) is 16.1. The Labute approximate surface area is 223 Å². The van der Waals surface area contributed by atoms with Gasteiger partial charge in [-0.1, -0.05) is 12.1 Å². The molecule has 3 aromatic heterocycles. The third-order valence-electron chi connectivity index (χ3n) is 5.41. The van der Waals surface area contributed by atoms with E-state index in [-0.39, 0.29) is 12.6 Å². The average Bonchev–Trinajstić information content (AvgIpc) is 2.98. The van der Waals surface area contributed by atoms with Crippen LogP contribution in [0.3, 0.4) is 0 Å². The van der Waals surface area contributed by atoms with E-state index in [4.69, 9.17) is 18.9 Å². The van der Waals surface area contributed by atoms with Crippen molar-refractivity contribution in [2.45, 2.75) is 25.4 Å². The van der Waals surface area contributed by atoms with Crippen LogP contribution < -0.4 is 10.0 Å². The van der Waals surface area contributed by atoms with E-state index in [1.54, 1.807) is 63.3 Å². The van der Waals surface area contributed by atoms with Crippen LogP contribution in [0.5, 0.6) is 0 Å². The zero-order valence-electron chi connectivity index (χ0n) is 22.1. The van der Waals surface area contributed by atoms with Crippen molar-refractivity contribution in [2.24, 2.45) is 10.2 Å². The van der Waals surface area contributed by atoms with Gasteiger partial charge in [-0.2, -0.15) is 10.2 Å². The van der Waals surface area contributed by atoms with Crippen LogP contribution in [0.2, 0.25) is 0 Å². The van der Waals surface area contributed by atoms with Crippen LogP contribution >= 0.6 is 0 Å². The highest BCUT2D eigenvalue weighted by molar-refractivity contribution is 5.78. The first kappa shape index (κ1) is 28.7. The molecule has 38 heavy (non-hydrogen) atoms. The summed E-state index contributed by atoms with van der Waals surface area (Å²) in [5.74, 6) is 1.14. The number of ether oxygens (including phenoxy) is 4. The van der Waals surface area contributed by atoms with E-state index in [1.165, 1.54) is 6.33 Å². The molecule has 0 amide bonds. The Morgan fingerprint density at radius 3 is 1.50 bits per heavy atom. The summed E-state index contributed by atoms with van der Waals surface area (Å²) in [6.45, 7) is 0.942. The zero-order valence-corrected chi connectivity index (χ0v) is 22.1. The van der Waals surface area contributed by atoms with Crippen LogP contribution in [0.15, 0.2) is 71.4 Å². The Bertz CT molecular complexity index is 1030. The van der Waals surface area contributed by atoms with E-state index >= 15 is 0 Å². The molecule has 0 aliphatic carbocycles. The molecular weight excluding hydrogens is 488 g/mol. The molecule has 3 rings (SSSR count). The van der Waals surface area contributed by atoms with E-state index in [0.717, 1.165) is 0 Å². The summed E-state index contributed by atoms with van der Waals surface area (Å²) in [4.78, 5) is 17.6. The van der Waals surface area contributed by atoms with E-state index < -0.39 is 0 Å². The number of rotatable bonds is 16. The maximum atomic E-state index is 5.36. The van der Waals surface area contributed by atoms with Crippen LogP contribution in [-0.4, -0.2) is 86.5 Å². The molecule has 3 heterocycles. The van der Waals surface area contributed by atoms with E-state index in [0.29, 0.717) is 49.0 Å². The van der Waals surface area contributed by atoms with Gasteiger partial charge in [0, 0.05) is 72.8 Å². The van der Waals surface area contributed by atoms with Gasteiger partial charge in [-0.25, -0.2) is 20.0 Å². The molecule has 0 atom stereocenters. The predicted octanol–water partition coefficient (Wildman–Crippen LogP) is 2.97. The van der Waals surface area contributed by atoms with E-state index in [2.05, 4.69) is 30.1 Å². The molecule has 0 aliphatic rings. The molecule has 0 bridgehead atoms. The van der Waals surface area contributed by atoms with Gasteiger partial charge in [0.1, 0.15) is 6.33 Å². The van der Waals surface area contributed by atoms with Crippen molar-refractivity contribution in [2.75, 3.05) is 51.5 Å². The Morgan fingerprint density at radius 2 is 1.13 bits per heavy atom. The molecule has 0 aromatic carbocycles. The van der Waals surface area contributed by atoms with Crippen molar-refractivity contribution in [3.63, 3.8) is 0 Å². The van der Waals surface area contributed by atoms with Crippen LogP contribution in [0.1, 0.15) is 24.2 Å². The standard InChI is InChI=1S/C26H34N8O4/c1-35-25(36-2)11-15-33(31-18-21-9-5-7-13-27-21)23-17-24(30-20-29-23)34(16-12-26(37-3)38-4)32-19-22-10-6-8-14-28-22/h5-10,13-14,17-20,25-26H,11-12,15-16H2,1-4H3/b31-18+,32-19+. The molecule has 3 aromatic rings. The molecule has 0 aliphatic heterocycles. The summed E-state index contributed by atoms with van der Waals surface area (Å²) >= 11 is 0. The number of pyridine rings is 2. The summed E-state index contributed by atoms with van der Waals surface area (Å²) in [6, 6.07) is 13.1. The minimum atomic E-state index is -0.386. The molecule has 0 N–H and O–H groups in total. The summed E-state index contributed by atoms with van der Waals surface area (Å²) in [6.07, 6.45) is 8.59. The van der Waals surface area contributed by atoms with Gasteiger partial charge < -0.3 is 18.9 Å². The first-order valence-electron chi connectivity index (χ1n) is 12.0. The van der Waals surface area contributed by atoms with Gasteiger partial charge in [0.15, 0.2) is 24.2 Å². The number of anilines is 2. The molecule has 12 heteroatoms. The first-order valence-corrected chi connectivity index (χ1v) is 12.0. The molecule has 0 saturated heterocycles. The zero-order chi connectivity index (χ0) is 27.0. The number of nitrogens with zero attached hydrogens (tertiary/aromatic N) is 8. The van der Waals surface area contributed by atoms with Gasteiger partial charge in [-0.15, -0.1) is 0 Å². The molecular formula is C26H34N8O4. The van der Waals surface area contributed by atoms with Gasteiger partial charge in [-0.05, 0) is 24.3 Å². The van der Waals surface area contributed by atoms with Crippen molar-refractivity contribution in [3.8, 4) is 0 Å². The van der Waals surface area contributed by atoms with Gasteiger partial charge in [0.05, 0.1) is 23.8 Å². The summed E-state index contributed by atoms with van der Waals surface area (Å²) < 4.78 is 21.4. The lowest BCUT2D eigenvalue weighted by atomic mass is 10.3. The number of methoxy groups -OCH3 is 4. The lowest BCUT2D eigenvalue weighted by Crippen LogP contribution is -2.27. The molecule has 12 nitrogen and oxygen atoms in total. The van der Waals surface area contributed by atoms with Crippen molar-refractivity contribution >= 4 is 24.1 Å². The van der Waals surface area contributed by atoms with Gasteiger partial charge in [-0.3, -0.25) is 9.97 Å². The smallest absolute Gasteiger partial charge is 0.158 e. The summed E-state index contributed by atoms with van der Waals surface area (Å²) in [7, 11) is 6.40. The minimum Gasteiger partial charge on any atom is -0.356 e. The molecule has 202 valence electrons. The molecule has 0 unspecified atom stereocenters. The lowest BCUT2D eigenvalue weighted by molar-refractivity contribution is -0.104. The summed E-state index contributed by atoms with van der Waals surface area (Å²) in [5, 5.41) is 12.8. The fourth-order valence-electron chi connectivity index (χ4n) is 3.36. The van der Waals surface area contributed by atoms with Gasteiger partial charge >= 0.3 is 0 Å². The van der Waals surface area contributed by atoms with Gasteiger partial charge in [0.25, 0.3) is 0 Å². The van der Waals surface area contributed by atoms with Crippen LogP contribution in [0.4, 0.5) is 11.6 Å². The molecule has 0 fully saturated rings. The second-order valence-corrected chi connectivity index (χ2v) is 7.86. The minimum absolute atomic E-state index is 0.386. The topological polar surface area (TPSA) is 120 Å². The quantitative estimate of drug-likeness (QED) is 0.158. The SMILES string of the molecule is COC(CCN(/N=C/c1ccccn1)c1cc(N(CCC(OC)OC)/N=C/c2ccccn2)ncn1)OC. The lowest BCUT2D eigenvalue weighted by Gasteiger charge is -2.23. The number of hydrogen-bond donors (Lipinski definition) is 0. The molecule has 0 saturated carbocycles. The average molecular weight is 523 g/mol. The van der Waals surface area contributed by atoms with Gasteiger partial charge in [0.2, 0.25) is 0 Å². The first-order chi connectivity index (χ1) is 18.7. The van der Waals surface area contributed by atoms with Crippen LogP contribution in [0.25, 0.3) is 0 Å². The van der Waals surface area contributed by atoms with E-state index in [9.17, 15) is 0 Å². The predicted molar refractivity (Wildman–Crippen MR) is 145 cm³/mol.